The number of nitrogens with one attached hydrogen (secondary N) is 1. The number of hydrogen-bond donors (Lipinski definition) is 2. The molecular formula is C12H17NO. The second-order valence-electron chi connectivity index (χ2n) is 4.04. The monoisotopic (exact) mass is 191 g/mol. The van der Waals surface area contributed by atoms with Crippen molar-refractivity contribution < 1.29 is 5.11 Å². The van der Waals surface area contributed by atoms with Crippen LogP contribution in [0.1, 0.15) is 24.8 Å². The fourth-order valence-corrected chi connectivity index (χ4v) is 1.74. The molecule has 0 aromatic heterocycles. The molecule has 1 saturated carbocycles. The third kappa shape index (κ3) is 2.26. The van der Waals surface area contributed by atoms with E-state index < -0.39 is 0 Å². The maximum absolute atomic E-state index is 8.97. The predicted molar refractivity (Wildman–Crippen MR) is 58.2 cm³/mol. The van der Waals surface area contributed by atoms with Crippen LogP contribution < -0.4 is 5.32 Å². The van der Waals surface area contributed by atoms with Crippen molar-refractivity contribution in [2.45, 2.75) is 25.9 Å². The SMILES string of the molecule is OCc1cccc(NCC2CCC2)c1. The Kier molecular flexibility index (Phi) is 3.04. The summed E-state index contributed by atoms with van der Waals surface area (Å²) in [6.45, 7) is 1.20. The van der Waals surface area contributed by atoms with E-state index in [-0.39, 0.29) is 6.61 Å². The number of hydrogen-bond acceptors (Lipinski definition) is 2. The molecular weight excluding hydrogens is 174 g/mol. The standard InChI is InChI=1S/C12H17NO/c14-9-11-5-2-6-12(7-11)13-8-10-3-1-4-10/h2,5-7,10,13-14H,1,3-4,8-9H2. The van der Waals surface area contributed by atoms with Gasteiger partial charge in [-0.2, -0.15) is 0 Å². The van der Waals surface area contributed by atoms with E-state index >= 15 is 0 Å². The summed E-state index contributed by atoms with van der Waals surface area (Å²) in [5.74, 6) is 0.868. The topological polar surface area (TPSA) is 32.3 Å². The first-order valence-corrected chi connectivity index (χ1v) is 5.32. The maximum atomic E-state index is 8.97. The summed E-state index contributed by atoms with van der Waals surface area (Å²) >= 11 is 0. The van der Waals surface area contributed by atoms with Gasteiger partial charge < -0.3 is 10.4 Å². The van der Waals surface area contributed by atoms with Gasteiger partial charge in [0.25, 0.3) is 0 Å². The lowest BCUT2D eigenvalue weighted by Gasteiger charge is -2.25. The predicted octanol–water partition coefficient (Wildman–Crippen LogP) is 2.39. The lowest BCUT2D eigenvalue weighted by molar-refractivity contribution is 0.282. The fraction of sp³-hybridized carbons (Fsp3) is 0.500. The average molecular weight is 191 g/mol. The lowest BCUT2D eigenvalue weighted by atomic mass is 9.85. The zero-order chi connectivity index (χ0) is 9.80. The zero-order valence-electron chi connectivity index (χ0n) is 8.37. The van der Waals surface area contributed by atoms with Gasteiger partial charge in [0.15, 0.2) is 0 Å². The first kappa shape index (κ1) is 9.53. The molecule has 0 bridgehead atoms. The first-order valence-electron chi connectivity index (χ1n) is 5.32. The Balaban J connectivity index is 1.87. The van der Waals surface area contributed by atoms with Gasteiger partial charge in [-0.25, -0.2) is 0 Å². The summed E-state index contributed by atoms with van der Waals surface area (Å²) < 4.78 is 0. The second kappa shape index (κ2) is 4.47. The van der Waals surface area contributed by atoms with Crippen LogP contribution in [0.3, 0.4) is 0 Å². The van der Waals surface area contributed by atoms with Crippen LogP contribution in [-0.2, 0) is 6.61 Å². The minimum absolute atomic E-state index is 0.124. The Bertz CT molecular complexity index is 294. The Morgan fingerprint density at radius 2 is 2.21 bits per heavy atom. The normalized spacial score (nSPS) is 16.4. The minimum Gasteiger partial charge on any atom is -0.392 e. The Hall–Kier alpha value is -1.02. The van der Waals surface area contributed by atoms with Gasteiger partial charge >= 0.3 is 0 Å². The summed E-state index contributed by atoms with van der Waals surface area (Å²) in [5.41, 5.74) is 2.10. The van der Waals surface area contributed by atoms with Gasteiger partial charge in [-0.3, -0.25) is 0 Å². The highest BCUT2D eigenvalue weighted by atomic mass is 16.3. The molecule has 1 aromatic carbocycles. The molecule has 0 unspecified atom stereocenters. The molecule has 0 spiro atoms. The van der Waals surface area contributed by atoms with E-state index in [1.54, 1.807) is 0 Å². The van der Waals surface area contributed by atoms with Gasteiger partial charge in [0.05, 0.1) is 6.61 Å². The van der Waals surface area contributed by atoms with Crippen molar-refractivity contribution >= 4 is 5.69 Å². The number of anilines is 1. The molecule has 0 radical (unpaired) electrons. The van der Waals surface area contributed by atoms with Crippen LogP contribution in [0.2, 0.25) is 0 Å². The van der Waals surface area contributed by atoms with E-state index in [4.69, 9.17) is 5.11 Å². The molecule has 1 aliphatic rings. The van der Waals surface area contributed by atoms with E-state index in [1.165, 1.54) is 19.3 Å². The number of aliphatic hydroxyl groups is 1. The van der Waals surface area contributed by atoms with Crippen molar-refractivity contribution in [1.29, 1.82) is 0 Å². The van der Waals surface area contributed by atoms with E-state index in [0.29, 0.717) is 0 Å². The van der Waals surface area contributed by atoms with E-state index in [9.17, 15) is 0 Å². The third-order valence-electron chi connectivity index (χ3n) is 2.93. The van der Waals surface area contributed by atoms with Crippen LogP contribution in [0, 0.1) is 5.92 Å². The molecule has 0 amide bonds. The van der Waals surface area contributed by atoms with Crippen LogP contribution >= 0.6 is 0 Å². The van der Waals surface area contributed by atoms with Crippen molar-refractivity contribution in [3.05, 3.63) is 29.8 Å². The molecule has 0 saturated heterocycles. The molecule has 0 heterocycles. The van der Waals surface area contributed by atoms with Crippen molar-refractivity contribution in [2.75, 3.05) is 11.9 Å². The molecule has 0 aliphatic heterocycles. The summed E-state index contributed by atoms with van der Waals surface area (Å²) in [6.07, 6.45) is 4.13. The first-order chi connectivity index (χ1) is 6.88. The molecule has 2 nitrogen and oxygen atoms in total. The van der Waals surface area contributed by atoms with Gasteiger partial charge in [0, 0.05) is 12.2 Å². The molecule has 2 heteroatoms. The van der Waals surface area contributed by atoms with Crippen LogP contribution in [0.5, 0.6) is 0 Å². The van der Waals surface area contributed by atoms with Gasteiger partial charge in [0.1, 0.15) is 0 Å². The summed E-state index contributed by atoms with van der Waals surface area (Å²) in [7, 11) is 0. The maximum Gasteiger partial charge on any atom is 0.0682 e. The average Bonchev–Trinajstić information content (AvgIpc) is 2.16. The highest BCUT2D eigenvalue weighted by Crippen LogP contribution is 2.26. The molecule has 1 fully saturated rings. The smallest absolute Gasteiger partial charge is 0.0682 e. The minimum atomic E-state index is 0.124. The number of benzene rings is 1. The summed E-state index contributed by atoms with van der Waals surface area (Å²) in [4.78, 5) is 0. The molecule has 2 rings (SSSR count). The van der Waals surface area contributed by atoms with Crippen molar-refractivity contribution in [3.63, 3.8) is 0 Å². The Morgan fingerprint density at radius 1 is 1.36 bits per heavy atom. The highest BCUT2D eigenvalue weighted by molar-refractivity contribution is 5.45. The fourth-order valence-electron chi connectivity index (χ4n) is 1.74. The van der Waals surface area contributed by atoms with Crippen LogP contribution in [0.15, 0.2) is 24.3 Å². The molecule has 1 aromatic rings. The van der Waals surface area contributed by atoms with Crippen molar-refractivity contribution in [3.8, 4) is 0 Å². The highest BCUT2D eigenvalue weighted by Gasteiger charge is 2.16. The van der Waals surface area contributed by atoms with Gasteiger partial charge in [0.2, 0.25) is 0 Å². The molecule has 14 heavy (non-hydrogen) atoms. The summed E-state index contributed by atoms with van der Waals surface area (Å²) in [5, 5.41) is 12.4. The Morgan fingerprint density at radius 3 is 2.86 bits per heavy atom. The van der Waals surface area contributed by atoms with Crippen LogP contribution in [0.4, 0.5) is 5.69 Å². The number of aliphatic hydroxyl groups excluding tert-OH is 1. The van der Waals surface area contributed by atoms with Crippen molar-refractivity contribution in [2.24, 2.45) is 5.92 Å². The molecule has 1 aliphatic carbocycles. The van der Waals surface area contributed by atoms with Crippen LogP contribution in [0.25, 0.3) is 0 Å². The molecule has 2 N–H and O–H groups in total. The van der Waals surface area contributed by atoms with Gasteiger partial charge in [-0.05, 0) is 36.5 Å². The Labute approximate surface area is 85.0 Å². The number of rotatable bonds is 4. The second-order valence-corrected chi connectivity index (χ2v) is 4.04. The quantitative estimate of drug-likeness (QED) is 0.766. The van der Waals surface area contributed by atoms with Gasteiger partial charge in [-0.15, -0.1) is 0 Å². The van der Waals surface area contributed by atoms with E-state index in [0.717, 1.165) is 23.7 Å². The largest absolute Gasteiger partial charge is 0.392 e. The van der Waals surface area contributed by atoms with E-state index in [1.807, 2.05) is 18.2 Å². The summed E-state index contributed by atoms with van der Waals surface area (Å²) in [6, 6.07) is 7.99. The lowest BCUT2D eigenvalue weighted by Crippen LogP contribution is -2.20. The zero-order valence-corrected chi connectivity index (χ0v) is 8.37. The molecule has 76 valence electrons. The van der Waals surface area contributed by atoms with E-state index in [2.05, 4.69) is 11.4 Å². The third-order valence-corrected chi connectivity index (χ3v) is 2.93. The van der Waals surface area contributed by atoms with Gasteiger partial charge in [-0.1, -0.05) is 18.6 Å². The van der Waals surface area contributed by atoms with Crippen molar-refractivity contribution in [1.82, 2.24) is 0 Å². The molecule has 0 atom stereocenters. The van der Waals surface area contributed by atoms with Crippen LogP contribution in [-0.4, -0.2) is 11.7 Å².